The van der Waals surface area contributed by atoms with Crippen molar-refractivity contribution in [2.24, 2.45) is 0 Å². The maximum Gasteiger partial charge on any atom is 0.244 e. The van der Waals surface area contributed by atoms with Gasteiger partial charge >= 0.3 is 0 Å². The SMILES string of the molecule is CN(C1CCOCC1)S(=O)(=O)c1cc(N)ccc1Br. The minimum atomic E-state index is -3.54. The number of hydrogen-bond donors (Lipinski definition) is 1. The lowest BCUT2D eigenvalue weighted by Gasteiger charge is -2.30. The summed E-state index contributed by atoms with van der Waals surface area (Å²) in [6, 6.07) is 4.78. The highest BCUT2D eigenvalue weighted by Crippen LogP contribution is 2.29. The van der Waals surface area contributed by atoms with E-state index in [0.717, 1.165) is 12.8 Å². The highest BCUT2D eigenvalue weighted by atomic mass is 79.9. The first-order valence-electron chi connectivity index (χ1n) is 6.03. The van der Waals surface area contributed by atoms with Gasteiger partial charge in [-0.3, -0.25) is 0 Å². The van der Waals surface area contributed by atoms with Crippen LogP contribution in [0.5, 0.6) is 0 Å². The van der Waals surface area contributed by atoms with Crippen molar-refractivity contribution >= 4 is 31.6 Å². The summed E-state index contributed by atoms with van der Waals surface area (Å²) < 4.78 is 32.4. The molecular formula is C12H17BrN2O3S. The molecule has 1 aromatic carbocycles. The Kier molecular flexibility index (Phi) is 4.50. The largest absolute Gasteiger partial charge is 0.399 e. The number of halogens is 1. The van der Waals surface area contributed by atoms with E-state index in [9.17, 15) is 8.42 Å². The van der Waals surface area contributed by atoms with Crippen LogP contribution in [-0.4, -0.2) is 39.0 Å². The van der Waals surface area contributed by atoms with E-state index in [2.05, 4.69) is 15.9 Å². The minimum Gasteiger partial charge on any atom is -0.399 e. The molecule has 0 atom stereocenters. The molecule has 1 saturated heterocycles. The maximum absolute atomic E-state index is 12.6. The third-order valence-corrected chi connectivity index (χ3v) is 6.22. The van der Waals surface area contributed by atoms with Gasteiger partial charge in [0.1, 0.15) is 0 Å². The van der Waals surface area contributed by atoms with Crippen LogP contribution in [0.1, 0.15) is 12.8 Å². The van der Waals surface area contributed by atoms with Gasteiger partial charge in [-0.1, -0.05) is 0 Å². The first-order valence-corrected chi connectivity index (χ1v) is 8.27. The Balaban J connectivity index is 2.33. The van der Waals surface area contributed by atoms with Crippen LogP contribution >= 0.6 is 15.9 Å². The Morgan fingerprint density at radius 1 is 1.37 bits per heavy atom. The van der Waals surface area contributed by atoms with Crippen molar-refractivity contribution in [1.29, 1.82) is 0 Å². The molecule has 19 heavy (non-hydrogen) atoms. The number of hydrogen-bond acceptors (Lipinski definition) is 4. The first-order chi connectivity index (χ1) is 8.93. The summed E-state index contributed by atoms with van der Waals surface area (Å²) in [5.41, 5.74) is 6.11. The third kappa shape index (κ3) is 3.10. The monoisotopic (exact) mass is 348 g/mol. The van der Waals surface area contributed by atoms with E-state index < -0.39 is 10.0 Å². The Morgan fingerprint density at radius 3 is 2.63 bits per heavy atom. The second-order valence-electron chi connectivity index (χ2n) is 4.55. The zero-order chi connectivity index (χ0) is 14.0. The van der Waals surface area contributed by atoms with Crippen LogP contribution in [0, 0.1) is 0 Å². The maximum atomic E-state index is 12.6. The van der Waals surface area contributed by atoms with Crippen LogP contribution in [0.4, 0.5) is 5.69 Å². The van der Waals surface area contributed by atoms with E-state index in [1.807, 2.05) is 0 Å². The molecule has 0 bridgehead atoms. The molecule has 0 spiro atoms. The van der Waals surface area contributed by atoms with Crippen LogP contribution < -0.4 is 5.73 Å². The summed E-state index contributed by atoms with van der Waals surface area (Å²) in [6.07, 6.45) is 1.44. The fourth-order valence-electron chi connectivity index (χ4n) is 2.12. The molecule has 0 radical (unpaired) electrons. The number of nitrogen functional groups attached to an aromatic ring is 1. The smallest absolute Gasteiger partial charge is 0.244 e. The predicted octanol–water partition coefficient (Wildman–Crippen LogP) is 1.83. The molecule has 7 heteroatoms. The van der Waals surface area contributed by atoms with Gasteiger partial charge in [0.15, 0.2) is 0 Å². The van der Waals surface area contributed by atoms with E-state index in [1.54, 1.807) is 19.2 Å². The first kappa shape index (κ1) is 14.8. The van der Waals surface area contributed by atoms with Crippen LogP contribution in [0.15, 0.2) is 27.6 Å². The molecule has 1 aromatic rings. The molecule has 0 amide bonds. The van der Waals surface area contributed by atoms with E-state index >= 15 is 0 Å². The molecular weight excluding hydrogens is 332 g/mol. The molecule has 1 fully saturated rings. The van der Waals surface area contributed by atoms with Gasteiger partial charge in [0.05, 0.1) is 4.90 Å². The topological polar surface area (TPSA) is 72.6 Å². The van der Waals surface area contributed by atoms with E-state index in [4.69, 9.17) is 10.5 Å². The summed E-state index contributed by atoms with van der Waals surface area (Å²) in [4.78, 5) is 0.210. The van der Waals surface area contributed by atoms with Gasteiger partial charge in [0, 0.05) is 36.5 Å². The van der Waals surface area contributed by atoms with Crippen LogP contribution in [-0.2, 0) is 14.8 Å². The molecule has 0 unspecified atom stereocenters. The number of sulfonamides is 1. The van der Waals surface area contributed by atoms with Gasteiger partial charge in [0.25, 0.3) is 0 Å². The highest BCUT2D eigenvalue weighted by molar-refractivity contribution is 9.10. The van der Waals surface area contributed by atoms with Crippen LogP contribution in [0.2, 0.25) is 0 Å². The Labute approximate surface area is 121 Å². The fourth-order valence-corrected chi connectivity index (χ4v) is 4.49. The molecule has 5 nitrogen and oxygen atoms in total. The van der Waals surface area contributed by atoms with Crippen molar-refractivity contribution in [3.05, 3.63) is 22.7 Å². The number of nitrogens with zero attached hydrogens (tertiary/aromatic N) is 1. The average Bonchev–Trinajstić information content (AvgIpc) is 2.41. The lowest BCUT2D eigenvalue weighted by Crippen LogP contribution is -2.40. The highest BCUT2D eigenvalue weighted by Gasteiger charge is 2.30. The normalized spacial score (nSPS) is 17.8. The molecule has 0 aliphatic carbocycles. The number of rotatable bonds is 3. The summed E-state index contributed by atoms with van der Waals surface area (Å²) in [5.74, 6) is 0. The molecule has 0 saturated carbocycles. The summed E-state index contributed by atoms with van der Waals surface area (Å²) >= 11 is 3.27. The lowest BCUT2D eigenvalue weighted by atomic mass is 10.1. The van der Waals surface area contributed by atoms with E-state index in [0.29, 0.717) is 23.4 Å². The van der Waals surface area contributed by atoms with E-state index in [1.165, 1.54) is 10.4 Å². The van der Waals surface area contributed by atoms with Crippen molar-refractivity contribution < 1.29 is 13.2 Å². The number of ether oxygens (including phenoxy) is 1. The molecule has 106 valence electrons. The van der Waals surface area contributed by atoms with Crippen LogP contribution in [0.25, 0.3) is 0 Å². The van der Waals surface area contributed by atoms with E-state index in [-0.39, 0.29) is 10.9 Å². The van der Waals surface area contributed by atoms with Crippen molar-refractivity contribution in [1.82, 2.24) is 4.31 Å². The molecule has 2 N–H and O–H groups in total. The molecule has 1 aliphatic rings. The Morgan fingerprint density at radius 2 is 2.00 bits per heavy atom. The number of anilines is 1. The van der Waals surface area contributed by atoms with Crippen LogP contribution in [0.3, 0.4) is 0 Å². The standard InChI is InChI=1S/C12H17BrN2O3S/c1-15(10-4-6-18-7-5-10)19(16,17)12-8-9(14)2-3-11(12)13/h2-3,8,10H,4-7,14H2,1H3. The zero-order valence-corrected chi connectivity index (χ0v) is 13.1. The van der Waals surface area contributed by atoms with Gasteiger partial charge in [-0.15, -0.1) is 0 Å². The van der Waals surface area contributed by atoms with Crippen molar-refractivity contribution in [3.63, 3.8) is 0 Å². The molecule has 1 aliphatic heterocycles. The van der Waals surface area contributed by atoms with Gasteiger partial charge in [-0.25, -0.2) is 8.42 Å². The minimum absolute atomic E-state index is 0.0212. The van der Waals surface area contributed by atoms with Gasteiger partial charge in [-0.2, -0.15) is 4.31 Å². The fraction of sp³-hybridized carbons (Fsp3) is 0.500. The zero-order valence-electron chi connectivity index (χ0n) is 10.7. The Hall–Kier alpha value is -0.630. The predicted molar refractivity (Wildman–Crippen MR) is 77.3 cm³/mol. The summed E-state index contributed by atoms with van der Waals surface area (Å²) in [7, 11) is -1.93. The summed E-state index contributed by atoms with van der Waals surface area (Å²) in [5, 5.41) is 0. The lowest BCUT2D eigenvalue weighted by molar-refractivity contribution is 0.0632. The third-order valence-electron chi connectivity index (χ3n) is 3.32. The molecule has 2 rings (SSSR count). The molecule has 1 heterocycles. The van der Waals surface area contributed by atoms with Crippen molar-refractivity contribution in [2.45, 2.75) is 23.8 Å². The number of benzene rings is 1. The molecule has 0 aromatic heterocycles. The van der Waals surface area contributed by atoms with Gasteiger partial charge in [-0.05, 0) is 47.0 Å². The average molecular weight is 349 g/mol. The summed E-state index contributed by atoms with van der Waals surface area (Å²) in [6.45, 7) is 1.20. The second kappa shape index (κ2) is 5.78. The van der Waals surface area contributed by atoms with Gasteiger partial charge in [0.2, 0.25) is 10.0 Å². The number of nitrogens with two attached hydrogens (primary N) is 1. The van der Waals surface area contributed by atoms with Crippen molar-refractivity contribution in [2.75, 3.05) is 26.0 Å². The second-order valence-corrected chi connectivity index (χ2v) is 7.37. The van der Waals surface area contributed by atoms with Crippen molar-refractivity contribution in [3.8, 4) is 0 Å². The quantitative estimate of drug-likeness (QED) is 0.845. The Bertz CT molecular complexity index is 556. The van der Waals surface area contributed by atoms with Gasteiger partial charge < -0.3 is 10.5 Å².